The molecule has 1 fully saturated rings. The third-order valence-electron chi connectivity index (χ3n) is 4.74. The zero-order valence-electron chi connectivity index (χ0n) is 15.0. The predicted molar refractivity (Wildman–Crippen MR) is 107 cm³/mol. The van der Waals surface area contributed by atoms with Crippen molar-refractivity contribution >= 4 is 28.9 Å². The molecular weight excluding hydrogens is 366 g/mol. The molecule has 27 heavy (non-hydrogen) atoms. The molecule has 6 nitrogen and oxygen atoms in total. The van der Waals surface area contributed by atoms with E-state index in [1.54, 1.807) is 0 Å². The van der Waals surface area contributed by atoms with Crippen LogP contribution >= 0.6 is 11.6 Å². The second-order valence-electron chi connectivity index (χ2n) is 6.64. The number of carbonyl (C=O) groups excluding carboxylic acids is 1. The van der Waals surface area contributed by atoms with Crippen molar-refractivity contribution in [1.82, 2.24) is 5.32 Å². The van der Waals surface area contributed by atoms with Gasteiger partial charge in [-0.15, -0.1) is 0 Å². The summed E-state index contributed by atoms with van der Waals surface area (Å²) in [6.07, 6.45) is 4.15. The van der Waals surface area contributed by atoms with Gasteiger partial charge in [0, 0.05) is 37.5 Å². The normalized spacial score (nSPS) is 13.6. The Hall–Kier alpha value is -2.60. The molecule has 0 saturated carbocycles. The number of anilines is 1. The highest BCUT2D eigenvalue weighted by molar-refractivity contribution is 6.33. The number of nitro groups is 1. The number of rotatable bonds is 7. The zero-order valence-corrected chi connectivity index (χ0v) is 15.7. The van der Waals surface area contributed by atoms with Gasteiger partial charge in [0.2, 0.25) is 0 Å². The molecule has 1 saturated heterocycles. The van der Waals surface area contributed by atoms with Gasteiger partial charge in [-0.25, -0.2) is 0 Å². The maximum atomic E-state index is 12.2. The lowest BCUT2D eigenvalue weighted by molar-refractivity contribution is -0.384. The number of non-ortho nitro benzene ring substituents is 1. The number of nitro benzene ring substituents is 1. The van der Waals surface area contributed by atoms with Crippen LogP contribution in [0.1, 0.15) is 35.2 Å². The summed E-state index contributed by atoms with van der Waals surface area (Å²) in [7, 11) is 0. The van der Waals surface area contributed by atoms with Gasteiger partial charge in [-0.1, -0.05) is 23.7 Å². The summed E-state index contributed by atoms with van der Waals surface area (Å²) in [4.78, 5) is 24.9. The molecule has 0 spiro atoms. The summed E-state index contributed by atoms with van der Waals surface area (Å²) in [6, 6.07) is 12.4. The van der Waals surface area contributed by atoms with Gasteiger partial charge >= 0.3 is 0 Å². The van der Waals surface area contributed by atoms with Crippen LogP contribution in [0.25, 0.3) is 0 Å². The molecule has 0 aliphatic carbocycles. The molecule has 2 aromatic rings. The molecule has 0 radical (unpaired) electrons. The Bertz CT molecular complexity index is 818. The van der Waals surface area contributed by atoms with Crippen LogP contribution in [-0.4, -0.2) is 30.5 Å². The second-order valence-corrected chi connectivity index (χ2v) is 7.05. The van der Waals surface area contributed by atoms with E-state index < -0.39 is 10.8 Å². The molecule has 1 N–H and O–H groups in total. The lowest BCUT2D eigenvalue weighted by Crippen LogP contribution is -2.25. The Kier molecular flexibility index (Phi) is 6.29. The average molecular weight is 388 g/mol. The maximum Gasteiger partial charge on any atom is 0.270 e. The highest BCUT2D eigenvalue weighted by Gasteiger charge is 2.15. The Morgan fingerprint density at radius 3 is 2.52 bits per heavy atom. The highest BCUT2D eigenvalue weighted by Crippen LogP contribution is 2.22. The fraction of sp³-hybridized carbons (Fsp3) is 0.350. The number of nitrogens with zero attached hydrogens (tertiary/aromatic N) is 2. The summed E-state index contributed by atoms with van der Waals surface area (Å²) < 4.78 is 0. The summed E-state index contributed by atoms with van der Waals surface area (Å²) in [5, 5.41) is 13.8. The molecule has 0 atom stereocenters. The molecule has 1 amide bonds. The second kappa shape index (κ2) is 8.86. The lowest BCUT2D eigenvalue weighted by atomic mass is 10.1. The minimum Gasteiger partial charge on any atom is -0.372 e. The first-order valence-corrected chi connectivity index (χ1v) is 9.48. The van der Waals surface area contributed by atoms with Crippen molar-refractivity contribution in [2.75, 3.05) is 24.5 Å². The number of nitrogens with one attached hydrogen (secondary N) is 1. The van der Waals surface area contributed by atoms with Crippen molar-refractivity contribution in [3.05, 3.63) is 68.7 Å². The van der Waals surface area contributed by atoms with Gasteiger partial charge in [0.25, 0.3) is 11.6 Å². The first-order valence-electron chi connectivity index (χ1n) is 9.10. The minimum atomic E-state index is -0.543. The van der Waals surface area contributed by atoms with E-state index in [1.165, 1.54) is 42.3 Å². The molecule has 2 aromatic carbocycles. The number of amides is 1. The average Bonchev–Trinajstić information content (AvgIpc) is 3.20. The van der Waals surface area contributed by atoms with E-state index >= 15 is 0 Å². The SMILES string of the molecule is O=C(NCCCc1ccc(N2CCCC2)cc1)c1cc([N+](=O)[O-])ccc1Cl. The fourth-order valence-electron chi connectivity index (χ4n) is 3.24. The van der Waals surface area contributed by atoms with Crippen LogP contribution in [0.5, 0.6) is 0 Å². The Morgan fingerprint density at radius 1 is 1.15 bits per heavy atom. The molecular formula is C20H22ClN3O3. The maximum absolute atomic E-state index is 12.2. The van der Waals surface area contributed by atoms with E-state index in [9.17, 15) is 14.9 Å². The van der Waals surface area contributed by atoms with Crippen LogP contribution in [0.4, 0.5) is 11.4 Å². The third-order valence-corrected chi connectivity index (χ3v) is 5.07. The number of carbonyl (C=O) groups is 1. The van der Waals surface area contributed by atoms with Gasteiger partial charge < -0.3 is 10.2 Å². The predicted octanol–water partition coefficient (Wildman–Crippen LogP) is 4.21. The molecule has 1 aliphatic heterocycles. The first kappa shape index (κ1) is 19.2. The molecule has 3 rings (SSSR count). The smallest absolute Gasteiger partial charge is 0.270 e. The van der Waals surface area contributed by atoms with Crippen LogP contribution in [0.2, 0.25) is 5.02 Å². The highest BCUT2D eigenvalue weighted by atomic mass is 35.5. The lowest BCUT2D eigenvalue weighted by Gasteiger charge is -2.17. The van der Waals surface area contributed by atoms with Crippen molar-refractivity contribution in [1.29, 1.82) is 0 Å². The van der Waals surface area contributed by atoms with Crippen LogP contribution in [0, 0.1) is 10.1 Å². The van der Waals surface area contributed by atoms with Gasteiger partial charge in [-0.05, 0) is 49.4 Å². The molecule has 1 heterocycles. The third kappa shape index (κ3) is 4.98. The fourth-order valence-corrected chi connectivity index (χ4v) is 3.44. The number of hydrogen-bond acceptors (Lipinski definition) is 4. The van der Waals surface area contributed by atoms with Gasteiger partial charge in [0.1, 0.15) is 0 Å². The van der Waals surface area contributed by atoms with Gasteiger partial charge in [0.05, 0.1) is 15.5 Å². The van der Waals surface area contributed by atoms with Crippen molar-refractivity contribution in [2.45, 2.75) is 25.7 Å². The van der Waals surface area contributed by atoms with Crippen LogP contribution < -0.4 is 10.2 Å². The largest absolute Gasteiger partial charge is 0.372 e. The molecule has 142 valence electrons. The van der Waals surface area contributed by atoms with E-state index in [-0.39, 0.29) is 16.3 Å². The zero-order chi connectivity index (χ0) is 19.2. The van der Waals surface area contributed by atoms with Crippen LogP contribution in [0.3, 0.4) is 0 Å². The van der Waals surface area contributed by atoms with Gasteiger partial charge in [-0.3, -0.25) is 14.9 Å². The van der Waals surface area contributed by atoms with E-state index in [1.807, 2.05) is 0 Å². The van der Waals surface area contributed by atoms with Crippen molar-refractivity contribution in [2.24, 2.45) is 0 Å². The van der Waals surface area contributed by atoms with Crippen molar-refractivity contribution < 1.29 is 9.72 Å². The minimum absolute atomic E-state index is 0.126. The Labute approximate surface area is 163 Å². The number of aryl methyl sites for hydroxylation is 1. The molecule has 0 unspecified atom stereocenters. The molecule has 1 aliphatic rings. The molecule has 7 heteroatoms. The van der Waals surface area contributed by atoms with Gasteiger partial charge in [0.15, 0.2) is 0 Å². The van der Waals surface area contributed by atoms with Crippen LogP contribution in [-0.2, 0) is 6.42 Å². The van der Waals surface area contributed by atoms with E-state index in [0.717, 1.165) is 25.9 Å². The molecule has 0 aromatic heterocycles. The van der Waals surface area contributed by atoms with E-state index in [2.05, 4.69) is 34.5 Å². The van der Waals surface area contributed by atoms with E-state index in [4.69, 9.17) is 11.6 Å². The number of benzene rings is 2. The summed E-state index contributed by atoms with van der Waals surface area (Å²) in [5.74, 6) is -0.395. The standard InChI is InChI=1S/C20H22ClN3O3/c21-19-10-9-17(24(26)27)14-18(19)20(25)22-11-3-4-15-5-7-16(8-6-15)23-12-1-2-13-23/h5-10,14H,1-4,11-13H2,(H,22,25). The summed E-state index contributed by atoms with van der Waals surface area (Å²) in [6.45, 7) is 2.74. The summed E-state index contributed by atoms with van der Waals surface area (Å²) in [5.41, 5.74) is 2.47. The van der Waals surface area contributed by atoms with Crippen molar-refractivity contribution in [3.8, 4) is 0 Å². The first-order chi connectivity index (χ1) is 13.0. The van der Waals surface area contributed by atoms with Crippen LogP contribution in [0.15, 0.2) is 42.5 Å². The number of halogens is 1. The Morgan fingerprint density at radius 2 is 1.85 bits per heavy atom. The Balaban J connectivity index is 1.48. The van der Waals surface area contributed by atoms with E-state index in [0.29, 0.717) is 6.54 Å². The monoisotopic (exact) mass is 387 g/mol. The summed E-state index contributed by atoms with van der Waals surface area (Å²) >= 11 is 5.99. The van der Waals surface area contributed by atoms with Crippen molar-refractivity contribution in [3.63, 3.8) is 0 Å². The number of hydrogen-bond donors (Lipinski definition) is 1. The topological polar surface area (TPSA) is 75.5 Å². The van der Waals surface area contributed by atoms with Gasteiger partial charge in [-0.2, -0.15) is 0 Å². The molecule has 0 bridgehead atoms. The quantitative estimate of drug-likeness (QED) is 0.438.